The summed E-state index contributed by atoms with van der Waals surface area (Å²) in [6, 6.07) is 14.9. The molecule has 0 bridgehead atoms. The number of aliphatic imine (C=N–C) groups is 1. The molecule has 2 aromatic rings. The number of para-hydroxylation sites is 1. The van der Waals surface area contributed by atoms with Crippen LogP contribution in [0.15, 0.2) is 64.8 Å². The van der Waals surface area contributed by atoms with E-state index in [0.29, 0.717) is 16.4 Å². The van der Waals surface area contributed by atoms with Gasteiger partial charge in [-0.3, -0.25) is 9.59 Å². The van der Waals surface area contributed by atoms with Crippen molar-refractivity contribution in [3.05, 3.63) is 76.5 Å². The molecule has 1 aliphatic heterocycles. The first-order valence-electron chi connectivity index (χ1n) is 9.26. The van der Waals surface area contributed by atoms with Crippen LogP contribution in [-0.2, 0) is 9.59 Å². The van der Waals surface area contributed by atoms with Gasteiger partial charge in [-0.15, -0.1) is 0 Å². The molecule has 6 nitrogen and oxygen atoms in total. The Labute approximate surface area is 174 Å². The summed E-state index contributed by atoms with van der Waals surface area (Å²) < 4.78 is 0. The molecule has 0 aliphatic carbocycles. The summed E-state index contributed by atoms with van der Waals surface area (Å²) >= 11 is 1.29. The molecule has 0 saturated carbocycles. The Morgan fingerprint density at radius 1 is 1.07 bits per heavy atom. The quantitative estimate of drug-likeness (QED) is 0.706. The lowest BCUT2D eigenvalue weighted by Gasteiger charge is -2.25. The highest BCUT2D eigenvalue weighted by Crippen LogP contribution is 2.31. The van der Waals surface area contributed by atoms with Gasteiger partial charge in [-0.2, -0.15) is 0 Å². The summed E-state index contributed by atoms with van der Waals surface area (Å²) in [6.07, 6.45) is 0. The topological polar surface area (TPSA) is 96.6 Å². The average Bonchev–Trinajstić information content (AvgIpc) is 2.69. The monoisotopic (exact) mass is 408 g/mol. The van der Waals surface area contributed by atoms with Crippen molar-refractivity contribution in [3.63, 3.8) is 0 Å². The van der Waals surface area contributed by atoms with E-state index in [4.69, 9.17) is 5.73 Å². The number of anilines is 1. The number of amides is 2. The van der Waals surface area contributed by atoms with Gasteiger partial charge in [0.05, 0.1) is 11.3 Å². The van der Waals surface area contributed by atoms with Crippen molar-refractivity contribution in [2.45, 2.75) is 26.8 Å². The summed E-state index contributed by atoms with van der Waals surface area (Å²) in [6.45, 7) is 5.72. The summed E-state index contributed by atoms with van der Waals surface area (Å²) in [5, 5.41) is 6.65. The Morgan fingerprint density at radius 2 is 1.72 bits per heavy atom. The van der Waals surface area contributed by atoms with Crippen molar-refractivity contribution in [1.29, 1.82) is 0 Å². The second kappa shape index (κ2) is 8.96. The van der Waals surface area contributed by atoms with Crippen LogP contribution in [0.5, 0.6) is 0 Å². The molecule has 150 valence electrons. The standard InChI is InChI=1S/C22H24N4O2S/c1-13-8-7-9-14(2)19(13)25-17(27)12-29-22-24-15(3)18(21(23)28)20(26-22)16-10-5-4-6-11-16/h4-11,20H,12H2,1-3H3,(H2,23,28)(H,24,26)(H,25,27)/t20-/m1/s1. The van der Waals surface area contributed by atoms with Crippen molar-refractivity contribution in [2.24, 2.45) is 10.7 Å². The molecule has 1 atom stereocenters. The van der Waals surface area contributed by atoms with Crippen molar-refractivity contribution in [3.8, 4) is 0 Å². The van der Waals surface area contributed by atoms with Crippen LogP contribution in [0.4, 0.5) is 5.69 Å². The Kier molecular flexibility index (Phi) is 6.39. The number of primary amides is 1. The summed E-state index contributed by atoms with van der Waals surface area (Å²) in [5.41, 5.74) is 10.4. The summed E-state index contributed by atoms with van der Waals surface area (Å²) in [7, 11) is 0. The van der Waals surface area contributed by atoms with Gasteiger partial charge in [-0.25, -0.2) is 4.99 Å². The fourth-order valence-electron chi connectivity index (χ4n) is 3.24. The number of hydrogen-bond acceptors (Lipinski definition) is 5. The number of hydrogen-bond donors (Lipinski definition) is 3. The maximum Gasteiger partial charge on any atom is 0.248 e. The van der Waals surface area contributed by atoms with Gasteiger partial charge in [0.1, 0.15) is 6.04 Å². The third kappa shape index (κ3) is 4.86. The van der Waals surface area contributed by atoms with E-state index in [0.717, 1.165) is 22.4 Å². The Morgan fingerprint density at radius 3 is 2.34 bits per heavy atom. The second-order valence-corrected chi connectivity index (χ2v) is 7.84. The van der Waals surface area contributed by atoms with Gasteiger partial charge in [-0.1, -0.05) is 60.3 Å². The Bertz CT molecular complexity index is 979. The predicted octanol–water partition coefficient (Wildman–Crippen LogP) is 3.43. The van der Waals surface area contributed by atoms with Gasteiger partial charge < -0.3 is 16.4 Å². The number of aryl methyl sites for hydroxylation is 2. The molecule has 2 aromatic carbocycles. The second-order valence-electron chi connectivity index (χ2n) is 6.88. The SMILES string of the molecule is CC1=C(C(N)=O)[C@@H](c2ccccc2)N=C(SCC(=O)Nc2c(C)cccc2C)N1. The van der Waals surface area contributed by atoms with Crippen LogP contribution in [-0.4, -0.2) is 22.7 Å². The lowest BCUT2D eigenvalue weighted by molar-refractivity contribution is -0.115. The first-order valence-corrected chi connectivity index (χ1v) is 10.2. The summed E-state index contributed by atoms with van der Waals surface area (Å²) in [4.78, 5) is 29.1. The van der Waals surface area contributed by atoms with Crippen LogP contribution in [0.2, 0.25) is 0 Å². The predicted molar refractivity (Wildman–Crippen MR) is 119 cm³/mol. The number of allylic oxidation sites excluding steroid dienone is 1. The van der Waals surface area contributed by atoms with Gasteiger partial charge in [-0.05, 0) is 37.5 Å². The number of carbonyl (C=O) groups is 2. The fraction of sp³-hybridized carbons (Fsp3) is 0.227. The molecular formula is C22H24N4O2S. The highest BCUT2D eigenvalue weighted by atomic mass is 32.2. The highest BCUT2D eigenvalue weighted by Gasteiger charge is 2.28. The number of nitrogens with one attached hydrogen (secondary N) is 2. The summed E-state index contributed by atoms with van der Waals surface area (Å²) in [5.74, 6) is -0.430. The van der Waals surface area contributed by atoms with E-state index < -0.39 is 11.9 Å². The van der Waals surface area contributed by atoms with Crippen LogP contribution in [0, 0.1) is 13.8 Å². The largest absolute Gasteiger partial charge is 0.366 e. The van der Waals surface area contributed by atoms with E-state index in [1.54, 1.807) is 6.92 Å². The average molecular weight is 409 g/mol. The molecule has 0 radical (unpaired) electrons. The van der Waals surface area contributed by atoms with E-state index in [-0.39, 0.29) is 11.7 Å². The van der Waals surface area contributed by atoms with Crippen molar-refractivity contribution < 1.29 is 9.59 Å². The fourth-order valence-corrected chi connectivity index (χ4v) is 3.98. The van der Waals surface area contributed by atoms with Crippen LogP contribution < -0.4 is 16.4 Å². The van der Waals surface area contributed by atoms with Gasteiger partial charge in [0.15, 0.2) is 5.17 Å². The van der Waals surface area contributed by atoms with Gasteiger partial charge in [0.2, 0.25) is 11.8 Å². The number of thioether (sulfide) groups is 1. The molecule has 2 amide bonds. The molecule has 0 aromatic heterocycles. The lowest BCUT2D eigenvalue weighted by Crippen LogP contribution is -2.33. The number of amidine groups is 1. The van der Waals surface area contributed by atoms with Crippen molar-refractivity contribution >= 4 is 34.4 Å². The number of nitrogens with two attached hydrogens (primary N) is 1. The molecule has 7 heteroatoms. The van der Waals surface area contributed by atoms with E-state index in [2.05, 4.69) is 15.6 Å². The molecular weight excluding hydrogens is 384 g/mol. The molecule has 4 N–H and O–H groups in total. The zero-order valence-corrected chi connectivity index (χ0v) is 17.5. The molecule has 1 heterocycles. The van der Waals surface area contributed by atoms with Gasteiger partial charge in [0.25, 0.3) is 0 Å². The molecule has 0 saturated heterocycles. The zero-order valence-electron chi connectivity index (χ0n) is 16.7. The van der Waals surface area contributed by atoms with Crippen LogP contribution in [0.25, 0.3) is 0 Å². The Balaban J connectivity index is 1.74. The smallest absolute Gasteiger partial charge is 0.248 e. The van der Waals surface area contributed by atoms with Gasteiger partial charge >= 0.3 is 0 Å². The minimum Gasteiger partial charge on any atom is -0.366 e. The molecule has 1 aliphatic rings. The minimum absolute atomic E-state index is 0.115. The highest BCUT2D eigenvalue weighted by molar-refractivity contribution is 8.14. The first-order chi connectivity index (χ1) is 13.9. The van der Waals surface area contributed by atoms with Crippen molar-refractivity contribution in [1.82, 2.24) is 5.32 Å². The molecule has 3 rings (SSSR count). The molecule has 0 unspecified atom stereocenters. The van der Waals surface area contributed by atoms with Gasteiger partial charge in [0, 0.05) is 11.4 Å². The maximum atomic E-state index is 12.5. The van der Waals surface area contributed by atoms with Crippen LogP contribution in [0.1, 0.15) is 29.7 Å². The normalized spacial score (nSPS) is 16.1. The van der Waals surface area contributed by atoms with Crippen LogP contribution >= 0.6 is 11.8 Å². The lowest BCUT2D eigenvalue weighted by atomic mass is 9.96. The maximum absolute atomic E-state index is 12.5. The molecule has 29 heavy (non-hydrogen) atoms. The zero-order chi connectivity index (χ0) is 21.0. The van der Waals surface area contributed by atoms with E-state index >= 15 is 0 Å². The molecule has 0 fully saturated rings. The van der Waals surface area contributed by atoms with E-state index in [1.807, 2.05) is 62.4 Å². The Hall–Kier alpha value is -3.06. The number of carbonyl (C=O) groups excluding carboxylic acids is 2. The number of nitrogens with zero attached hydrogens (tertiary/aromatic N) is 1. The third-order valence-corrected chi connectivity index (χ3v) is 5.57. The minimum atomic E-state index is -0.510. The number of rotatable bonds is 5. The molecule has 0 spiro atoms. The van der Waals surface area contributed by atoms with E-state index in [1.165, 1.54) is 11.8 Å². The van der Waals surface area contributed by atoms with Crippen LogP contribution in [0.3, 0.4) is 0 Å². The van der Waals surface area contributed by atoms with Crippen molar-refractivity contribution in [2.75, 3.05) is 11.1 Å². The van der Waals surface area contributed by atoms with E-state index in [9.17, 15) is 9.59 Å². The first kappa shape index (κ1) is 20.7. The third-order valence-electron chi connectivity index (χ3n) is 4.68. The number of benzene rings is 2.